The summed E-state index contributed by atoms with van der Waals surface area (Å²) in [6.45, 7) is 1.30. The lowest BCUT2D eigenvalue weighted by Crippen LogP contribution is -2.29. The summed E-state index contributed by atoms with van der Waals surface area (Å²) in [5.74, 6) is -7.27. The summed E-state index contributed by atoms with van der Waals surface area (Å²) in [6, 6.07) is -4.17. The minimum absolute atomic E-state index is 0.0183. The molecule has 0 atom stereocenters. The van der Waals surface area contributed by atoms with Crippen LogP contribution in [-0.4, -0.2) is 44.0 Å². The molecule has 7 rings (SSSR count). The average molecular weight is 657 g/mol. The van der Waals surface area contributed by atoms with Gasteiger partial charge in [-0.1, -0.05) is 24.2 Å². The summed E-state index contributed by atoms with van der Waals surface area (Å²) in [7, 11) is -3.28. The minimum atomic E-state index is -4.51. The molecule has 0 bridgehead atoms. The summed E-state index contributed by atoms with van der Waals surface area (Å²) in [6.07, 6.45) is 0. The zero-order chi connectivity index (χ0) is 43.5. The van der Waals surface area contributed by atoms with Crippen LogP contribution in [0.5, 0.6) is 23.0 Å². The molecule has 5 aromatic rings. The van der Waals surface area contributed by atoms with Crippen LogP contribution < -0.4 is 14.4 Å². The predicted molar refractivity (Wildman–Crippen MR) is 170 cm³/mol. The van der Waals surface area contributed by atoms with Gasteiger partial charge in [-0.2, -0.15) is 0 Å². The molecule has 0 N–H and O–H groups in total. The zero-order valence-electron chi connectivity index (χ0n) is 36.0. The van der Waals surface area contributed by atoms with E-state index in [-0.39, 0.29) is 27.2 Å². The Morgan fingerprint density at radius 1 is 0.596 bits per heavy atom. The van der Waals surface area contributed by atoms with Crippen LogP contribution in [0.4, 0.5) is 5.69 Å². The molecule has 47 heavy (non-hydrogen) atoms. The van der Waals surface area contributed by atoms with E-state index in [0.717, 1.165) is 41.3 Å². The van der Waals surface area contributed by atoms with E-state index in [4.69, 9.17) is 25.9 Å². The number of nitrogens with zero attached hydrogens (tertiary/aromatic N) is 2. The van der Waals surface area contributed by atoms with E-state index in [0.29, 0.717) is 0 Å². The molecule has 2 aliphatic rings. The second-order valence-corrected chi connectivity index (χ2v) is 12.0. The number of sulfone groups is 1. The molecule has 0 fully saturated rings. The number of carbonyl (C=O) groups is 4. The van der Waals surface area contributed by atoms with Gasteiger partial charge in [-0.25, -0.2) is 13.3 Å². The Labute approximate surface area is 286 Å². The summed E-state index contributed by atoms with van der Waals surface area (Å²) >= 11 is 0. The van der Waals surface area contributed by atoms with Crippen LogP contribution in [0.25, 0.3) is 0 Å². The van der Waals surface area contributed by atoms with Gasteiger partial charge in [0.25, 0.3) is 23.6 Å². The molecule has 10 nitrogen and oxygen atoms in total. The van der Waals surface area contributed by atoms with Crippen LogP contribution in [0.1, 0.15) is 63.4 Å². The Balaban J connectivity index is 1.29. The number of ether oxygens (including phenoxy) is 2. The van der Waals surface area contributed by atoms with Crippen molar-refractivity contribution < 1.29 is 53.5 Å². The number of hydrogen-bond acceptors (Lipinski definition) is 8. The Morgan fingerprint density at radius 3 is 1.70 bits per heavy atom. The molecule has 4 amide bonds. The maximum absolute atomic E-state index is 13.9. The summed E-state index contributed by atoms with van der Waals surface area (Å²) in [5, 5.41) is 0. The monoisotopic (exact) mass is 656 g/mol. The van der Waals surface area contributed by atoms with E-state index < -0.39 is 150 Å². The van der Waals surface area contributed by atoms with Gasteiger partial charge in [-0.15, -0.1) is 0 Å². The summed E-state index contributed by atoms with van der Waals surface area (Å²) < 4.78 is 139. The maximum Gasteiger partial charge on any atom is 0.266 e. The highest BCUT2D eigenvalue weighted by molar-refractivity contribution is 7.91. The second kappa shape index (κ2) is 11.1. The van der Waals surface area contributed by atoms with Gasteiger partial charge in [0.15, 0.2) is 0 Å². The first-order valence-corrected chi connectivity index (χ1v) is 14.9. The van der Waals surface area contributed by atoms with Crippen LogP contribution in [0, 0.1) is 6.92 Å². The lowest BCUT2D eigenvalue weighted by Gasteiger charge is -2.15. The fraction of sp³-hybridized carbons (Fsp3) is 0.0556. The molecular formula is C36H24N2O8S. The zero-order valence-corrected chi connectivity index (χ0v) is 24.8. The van der Waals surface area contributed by atoms with Gasteiger partial charge in [0, 0.05) is 19.1 Å². The summed E-state index contributed by atoms with van der Waals surface area (Å²) in [4.78, 5) is 52.7. The van der Waals surface area contributed by atoms with Gasteiger partial charge in [0.2, 0.25) is 9.84 Å². The largest absolute Gasteiger partial charge is 0.457 e. The Morgan fingerprint density at radius 2 is 1.06 bits per heavy atom. The molecule has 232 valence electrons. The first-order valence-electron chi connectivity index (χ1n) is 19.4. The third-order valence-electron chi connectivity index (χ3n) is 7.07. The van der Waals surface area contributed by atoms with Crippen LogP contribution in [0.15, 0.2) is 119 Å². The lowest BCUT2D eigenvalue weighted by molar-refractivity contribution is 0.0692. The van der Waals surface area contributed by atoms with E-state index in [1.807, 2.05) is 0 Å². The molecule has 0 radical (unpaired) electrons. The number of anilines is 1. The van der Waals surface area contributed by atoms with Gasteiger partial charge in [-0.3, -0.25) is 24.1 Å². The van der Waals surface area contributed by atoms with E-state index >= 15 is 0 Å². The number of amides is 4. The predicted octanol–water partition coefficient (Wildman–Crippen LogP) is 6.44. The van der Waals surface area contributed by atoms with E-state index in [1.165, 1.54) is 14.0 Å². The fourth-order valence-electron chi connectivity index (χ4n) is 4.80. The van der Waals surface area contributed by atoms with Crippen LogP contribution >= 0.6 is 0 Å². The van der Waals surface area contributed by atoms with E-state index in [1.54, 1.807) is 0 Å². The van der Waals surface area contributed by atoms with Crippen molar-refractivity contribution in [1.82, 2.24) is 4.90 Å². The normalized spacial score (nSPS) is 17.6. The molecule has 0 saturated carbocycles. The van der Waals surface area contributed by atoms with Crippen molar-refractivity contribution in [2.45, 2.75) is 16.7 Å². The number of benzene rings is 5. The van der Waals surface area contributed by atoms with Crippen molar-refractivity contribution in [2.75, 3.05) is 11.9 Å². The molecule has 0 unspecified atom stereocenters. The molecule has 2 aliphatic heterocycles. The highest BCUT2D eigenvalue weighted by atomic mass is 32.2. The topological polar surface area (TPSA) is 127 Å². The van der Waals surface area contributed by atoms with Crippen molar-refractivity contribution in [3.8, 4) is 23.0 Å². The van der Waals surface area contributed by atoms with Gasteiger partial charge >= 0.3 is 0 Å². The third kappa shape index (κ3) is 5.12. The third-order valence-corrected chi connectivity index (χ3v) is 8.82. The molecule has 0 aliphatic carbocycles. The quantitative estimate of drug-likeness (QED) is 0.183. The molecule has 5 aromatic carbocycles. The van der Waals surface area contributed by atoms with E-state index in [9.17, 15) is 27.6 Å². The first kappa shape index (κ1) is 18.8. The summed E-state index contributed by atoms with van der Waals surface area (Å²) in [5.41, 5.74) is -2.07. The number of carbonyl (C=O) groups excluding carboxylic acids is 4. The number of rotatable bonds is 7. The highest BCUT2D eigenvalue weighted by Crippen LogP contribution is 2.35. The molecular weight excluding hydrogens is 620 g/mol. The maximum atomic E-state index is 13.9. The van der Waals surface area contributed by atoms with Crippen molar-refractivity contribution in [3.63, 3.8) is 0 Å². The molecule has 11 heteroatoms. The Hall–Kier alpha value is -6.07. The first-order chi connectivity index (χ1) is 27.5. The smallest absolute Gasteiger partial charge is 0.266 e. The van der Waals surface area contributed by atoms with Crippen molar-refractivity contribution in [3.05, 3.63) is 137 Å². The van der Waals surface area contributed by atoms with Gasteiger partial charge < -0.3 is 9.47 Å². The molecule has 0 saturated heterocycles. The second-order valence-electron chi connectivity index (χ2n) is 10.0. The van der Waals surface area contributed by atoms with Crippen LogP contribution in [0.2, 0.25) is 0 Å². The highest BCUT2D eigenvalue weighted by Gasteiger charge is 2.39. The number of fused-ring (bicyclic) bond motifs is 2. The van der Waals surface area contributed by atoms with Crippen LogP contribution in [-0.2, 0) is 9.84 Å². The Kier molecular flexibility index (Phi) is 4.43. The van der Waals surface area contributed by atoms with Crippen molar-refractivity contribution >= 4 is 39.2 Å². The standard InChI is InChI=1S/C36H24N2O8S/c1-21-6-3-8-23(16-21)45-25-10-5-11-26(18-25)46-24-9-4-7-22(17-24)38-35(41)30-15-13-28(20-32(30)36(38)42)47(43,44)27-12-14-29-31(19-27)34(40)37(2)33(29)39/h3-20H,1-2H3/i3D,4D,5D,6D,7D,8D,9D,10D,11D,16D,17D,18D. The van der Waals surface area contributed by atoms with Crippen LogP contribution in [0.3, 0.4) is 0 Å². The van der Waals surface area contributed by atoms with Crippen molar-refractivity contribution in [2.24, 2.45) is 0 Å². The molecule has 0 spiro atoms. The van der Waals surface area contributed by atoms with Gasteiger partial charge in [0.05, 0.1) is 54.2 Å². The number of imide groups is 2. The van der Waals surface area contributed by atoms with E-state index in [2.05, 4.69) is 0 Å². The average Bonchev–Trinajstić information content (AvgIpc) is 3.59. The fourth-order valence-corrected chi connectivity index (χ4v) is 6.11. The van der Waals surface area contributed by atoms with Gasteiger partial charge in [-0.05, 0) is 85.1 Å². The molecule has 0 aromatic heterocycles. The minimum Gasteiger partial charge on any atom is -0.457 e. The SMILES string of the molecule is [2H]c1c([2H])c(C)c([2H])c(Oc2c([2H])c([2H])c([2H])c(Oc3c([2H])c([2H])c([2H])c(N4C(=O)c5ccc(S(=O)(=O)c6ccc7c(c6)C(=O)N(C)C7=O)cc5C4=O)c3[2H])c2[2H])c1[2H]. The number of hydrogen-bond donors (Lipinski definition) is 0. The lowest BCUT2D eigenvalue weighted by atomic mass is 10.1. The van der Waals surface area contributed by atoms with Crippen molar-refractivity contribution in [1.29, 1.82) is 0 Å². The van der Waals surface area contributed by atoms with Gasteiger partial charge in [0.1, 0.15) is 23.0 Å². The Bertz CT molecular complexity index is 2930. The molecule has 2 heterocycles.